The highest BCUT2D eigenvalue weighted by molar-refractivity contribution is 6.11. The Bertz CT molecular complexity index is 689. The van der Waals surface area contributed by atoms with E-state index < -0.39 is 11.9 Å². The first-order chi connectivity index (χ1) is 9.40. The maximum Gasteiger partial charge on any atom is 0.336 e. The summed E-state index contributed by atoms with van der Waals surface area (Å²) in [5, 5.41) is 18.5. The fourth-order valence-corrected chi connectivity index (χ4v) is 2.04. The standard InChI is InChI=1S/C14H15N3O3/c1-7-4-5-8(2)12(14(19)20)11(7)13(18)15-10-6-9(3)16-17-10/h4-6H,1-3H3,(H,19,20)(H2,15,16,17,18). The van der Waals surface area contributed by atoms with E-state index in [-0.39, 0.29) is 11.1 Å². The van der Waals surface area contributed by atoms with Gasteiger partial charge in [0.25, 0.3) is 5.91 Å². The highest BCUT2D eigenvalue weighted by Gasteiger charge is 2.21. The van der Waals surface area contributed by atoms with Crippen LogP contribution < -0.4 is 5.32 Å². The van der Waals surface area contributed by atoms with E-state index >= 15 is 0 Å². The van der Waals surface area contributed by atoms with Crippen LogP contribution in [0.5, 0.6) is 0 Å². The van der Waals surface area contributed by atoms with Crippen molar-refractivity contribution in [2.24, 2.45) is 0 Å². The van der Waals surface area contributed by atoms with E-state index in [1.807, 2.05) is 6.92 Å². The summed E-state index contributed by atoms with van der Waals surface area (Å²) >= 11 is 0. The van der Waals surface area contributed by atoms with Gasteiger partial charge in [0.05, 0.1) is 11.1 Å². The summed E-state index contributed by atoms with van der Waals surface area (Å²) in [5.74, 6) is -1.23. The van der Waals surface area contributed by atoms with Gasteiger partial charge >= 0.3 is 5.97 Å². The van der Waals surface area contributed by atoms with Crippen LogP contribution in [-0.2, 0) is 0 Å². The summed E-state index contributed by atoms with van der Waals surface area (Å²) in [6.07, 6.45) is 0. The lowest BCUT2D eigenvalue weighted by Crippen LogP contribution is -2.19. The van der Waals surface area contributed by atoms with Crippen molar-refractivity contribution in [1.82, 2.24) is 10.2 Å². The molecule has 3 N–H and O–H groups in total. The number of anilines is 1. The molecular formula is C14H15N3O3. The third kappa shape index (κ3) is 2.54. The van der Waals surface area contributed by atoms with Crippen LogP contribution in [0.3, 0.4) is 0 Å². The molecular weight excluding hydrogens is 258 g/mol. The quantitative estimate of drug-likeness (QED) is 0.799. The van der Waals surface area contributed by atoms with Crippen LogP contribution in [0.25, 0.3) is 0 Å². The zero-order chi connectivity index (χ0) is 14.9. The lowest BCUT2D eigenvalue weighted by Gasteiger charge is -2.11. The van der Waals surface area contributed by atoms with Gasteiger partial charge in [-0.2, -0.15) is 5.10 Å². The number of rotatable bonds is 3. The van der Waals surface area contributed by atoms with Crippen LogP contribution in [0.1, 0.15) is 37.5 Å². The molecule has 2 aromatic rings. The van der Waals surface area contributed by atoms with Gasteiger partial charge in [-0.15, -0.1) is 0 Å². The molecule has 1 aromatic heterocycles. The lowest BCUT2D eigenvalue weighted by molar-refractivity contribution is 0.0691. The number of amides is 1. The number of carbonyl (C=O) groups is 2. The van der Waals surface area contributed by atoms with Crippen molar-refractivity contribution in [1.29, 1.82) is 0 Å². The second-order valence-corrected chi connectivity index (χ2v) is 4.64. The Hall–Kier alpha value is -2.63. The minimum Gasteiger partial charge on any atom is -0.478 e. The van der Waals surface area contributed by atoms with E-state index in [2.05, 4.69) is 15.5 Å². The first-order valence-electron chi connectivity index (χ1n) is 6.07. The van der Waals surface area contributed by atoms with E-state index in [4.69, 9.17) is 0 Å². The summed E-state index contributed by atoms with van der Waals surface area (Å²) in [6, 6.07) is 5.09. The molecule has 0 radical (unpaired) electrons. The molecule has 0 aliphatic heterocycles. The summed E-state index contributed by atoms with van der Waals surface area (Å²) in [4.78, 5) is 23.6. The number of nitrogens with one attached hydrogen (secondary N) is 2. The third-order valence-corrected chi connectivity index (χ3v) is 3.01. The average Bonchev–Trinajstić information content (AvgIpc) is 2.76. The van der Waals surface area contributed by atoms with Gasteiger partial charge in [-0.25, -0.2) is 4.79 Å². The van der Waals surface area contributed by atoms with Gasteiger partial charge in [0.2, 0.25) is 0 Å². The molecule has 0 unspecified atom stereocenters. The summed E-state index contributed by atoms with van der Waals surface area (Å²) in [7, 11) is 0. The number of hydrogen-bond donors (Lipinski definition) is 3. The van der Waals surface area contributed by atoms with Gasteiger partial charge in [-0.05, 0) is 31.9 Å². The average molecular weight is 273 g/mol. The van der Waals surface area contributed by atoms with Crippen LogP contribution in [0.2, 0.25) is 0 Å². The number of carboxylic acids is 1. The Kier molecular flexibility index (Phi) is 3.56. The molecule has 0 fully saturated rings. The van der Waals surface area contributed by atoms with E-state index in [0.717, 1.165) is 5.69 Å². The molecule has 1 amide bonds. The van der Waals surface area contributed by atoms with Crippen molar-refractivity contribution in [2.75, 3.05) is 5.32 Å². The van der Waals surface area contributed by atoms with Crippen molar-refractivity contribution in [3.8, 4) is 0 Å². The number of aryl methyl sites for hydroxylation is 3. The Morgan fingerprint density at radius 2 is 1.75 bits per heavy atom. The van der Waals surface area contributed by atoms with E-state index in [1.54, 1.807) is 32.0 Å². The fraction of sp³-hybridized carbons (Fsp3) is 0.214. The van der Waals surface area contributed by atoms with Crippen LogP contribution >= 0.6 is 0 Å². The number of aromatic carboxylic acids is 1. The number of benzene rings is 1. The number of H-pyrrole nitrogens is 1. The summed E-state index contributed by atoms with van der Waals surface area (Å²) in [5.41, 5.74) is 2.15. The molecule has 20 heavy (non-hydrogen) atoms. The minimum absolute atomic E-state index is 0.0229. The van der Waals surface area contributed by atoms with Crippen LogP contribution in [-0.4, -0.2) is 27.2 Å². The molecule has 6 heteroatoms. The molecule has 0 saturated heterocycles. The van der Waals surface area contributed by atoms with Crippen molar-refractivity contribution >= 4 is 17.7 Å². The molecule has 2 rings (SSSR count). The first kappa shape index (κ1) is 13.8. The Balaban J connectivity index is 2.43. The second kappa shape index (κ2) is 5.16. The normalized spacial score (nSPS) is 10.3. The molecule has 1 heterocycles. The highest BCUT2D eigenvalue weighted by Crippen LogP contribution is 2.20. The molecule has 0 bridgehead atoms. The number of aromatic amines is 1. The lowest BCUT2D eigenvalue weighted by atomic mass is 9.96. The maximum atomic E-state index is 12.3. The first-order valence-corrected chi connectivity index (χ1v) is 6.07. The fourth-order valence-electron chi connectivity index (χ4n) is 2.04. The summed E-state index contributed by atoms with van der Waals surface area (Å²) in [6.45, 7) is 5.18. The van der Waals surface area contributed by atoms with Crippen molar-refractivity contribution in [3.63, 3.8) is 0 Å². The van der Waals surface area contributed by atoms with Gasteiger partial charge in [-0.1, -0.05) is 12.1 Å². The molecule has 6 nitrogen and oxygen atoms in total. The number of aromatic nitrogens is 2. The van der Waals surface area contributed by atoms with E-state index in [0.29, 0.717) is 16.9 Å². The molecule has 0 aliphatic carbocycles. The second-order valence-electron chi connectivity index (χ2n) is 4.64. The van der Waals surface area contributed by atoms with Gasteiger partial charge < -0.3 is 10.4 Å². The van der Waals surface area contributed by atoms with Crippen LogP contribution in [0.15, 0.2) is 18.2 Å². The van der Waals surface area contributed by atoms with Crippen molar-refractivity contribution in [2.45, 2.75) is 20.8 Å². The number of hydrogen-bond acceptors (Lipinski definition) is 3. The van der Waals surface area contributed by atoms with Crippen molar-refractivity contribution in [3.05, 3.63) is 46.1 Å². The zero-order valence-electron chi connectivity index (χ0n) is 11.4. The minimum atomic E-state index is -1.12. The molecule has 0 atom stereocenters. The molecule has 0 aliphatic rings. The van der Waals surface area contributed by atoms with Gasteiger partial charge in [0.1, 0.15) is 0 Å². The smallest absolute Gasteiger partial charge is 0.336 e. The topological polar surface area (TPSA) is 95.1 Å². The van der Waals surface area contributed by atoms with E-state index in [1.165, 1.54) is 0 Å². The SMILES string of the molecule is Cc1cc(NC(=O)c2c(C)ccc(C)c2C(=O)O)n[nH]1. The molecule has 0 saturated carbocycles. The van der Waals surface area contributed by atoms with Crippen LogP contribution in [0.4, 0.5) is 5.82 Å². The monoisotopic (exact) mass is 273 g/mol. The predicted octanol–water partition coefficient (Wildman–Crippen LogP) is 2.29. The molecule has 0 spiro atoms. The van der Waals surface area contributed by atoms with Crippen LogP contribution in [0, 0.1) is 20.8 Å². The Morgan fingerprint density at radius 3 is 2.25 bits per heavy atom. The van der Waals surface area contributed by atoms with Gasteiger partial charge in [0, 0.05) is 11.8 Å². The van der Waals surface area contributed by atoms with Crippen molar-refractivity contribution < 1.29 is 14.7 Å². The number of nitrogens with zero attached hydrogens (tertiary/aromatic N) is 1. The van der Waals surface area contributed by atoms with E-state index in [9.17, 15) is 14.7 Å². The molecule has 1 aromatic carbocycles. The maximum absolute atomic E-state index is 12.3. The summed E-state index contributed by atoms with van der Waals surface area (Å²) < 4.78 is 0. The van der Waals surface area contributed by atoms with Gasteiger partial charge in [-0.3, -0.25) is 9.89 Å². The number of carboxylic acid groups (broad SMARTS) is 1. The highest BCUT2D eigenvalue weighted by atomic mass is 16.4. The largest absolute Gasteiger partial charge is 0.478 e. The van der Waals surface area contributed by atoms with Gasteiger partial charge in [0.15, 0.2) is 5.82 Å². The predicted molar refractivity (Wildman–Crippen MR) is 74.2 cm³/mol. The Morgan fingerprint density at radius 1 is 1.15 bits per heavy atom. The molecule has 104 valence electrons. The Labute approximate surface area is 115 Å². The third-order valence-electron chi connectivity index (χ3n) is 3.01. The zero-order valence-corrected chi connectivity index (χ0v) is 11.4. The number of carbonyl (C=O) groups excluding carboxylic acids is 1.